The van der Waals surface area contributed by atoms with Crippen molar-refractivity contribution in [1.29, 1.82) is 0 Å². The number of benzene rings is 3. The van der Waals surface area contributed by atoms with Crippen LogP contribution in [0.15, 0.2) is 102 Å². The third kappa shape index (κ3) is 4.55. The predicted octanol–water partition coefficient (Wildman–Crippen LogP) is 7.56. The van der Waals surface area contributed by atoms with E-state index in [9.17, 15) is 9.90 Å². The monoisotopic (exact) mass is 491 g/mol. The Balaban J connectivity index is 1.79. The van der Waals surface area contributed by atoms with E-state index in [-0.39, 0.29) is 11.6 Å². The molecule has 0 saturated heterocycles. The van der Waals surface area contributed by atoms with Gasteiger partial charge in [-0.05, 0) is 41.3 Å². The van der Waals surface area contributed by atoms with E-state index in [2.05, 4.69) is 53.6 Å². The number of fused-ring (bicyclic) bond motifs is 1. The Morgan fingerprint density at radius 2 is 1.64 bits per heavy atom. The number of carboxylic acids is 1. The molecule has 3 aromatic carbocycles. The molecular weight excluding hydrogens is 466 g/mol. The van der Waals surface area contributed by atoms with Crippen molar-refractivity contribution in [3.05, 3.63) is 108 Å². The van der Waals surface area contributed by atoms with Crippen LogP contribution in [0.2, 0.25) is 0 Å². The number of rotatable bonds is 7. The molecule has 0 aliphatic rings. The molecule has 0 amide bonds. The number of aromatic carboxylic acids is 1. The third-order valence-corrected chi connectivity index (χ3v) is 6.88. The standard InChI is InChI=1S/C30H25N3O2S/c1-19(20-10-5-3-6-11-20)32-28-27-24(21-12-7-4-8-13-21)14-9-15-25(27)26(29(33-28)36-2)22-16-23(30(34)35)18-31-17-22/h3-19H,1-2H3,(H,32,33)(H,34,35). The molecule has 0 radical (unpaired) electrons. The fraction of sp³-hybridized carbons (Fsp3) is 0.100. The topological polar surface area (TPSA) is 75.1 Å². The van der Waals surface area contributed by atoms with Gasteiger partial charge in [0.1, 0.15) is 10.8 Å². The van der Waals surface area contributed by atoms with E-state index < -0.39 is 5.97 Å². The van der Waals surface area contributed by atoms with Crippen molar-refractivity contribution < 1.29 is 9.90 Å². The number of hydrogen-bond acceptors (Lipinski definition) is 5. The number of carboxylic acid groups (broad SMARTS) is 1. The normalized spacial score (nSPS) is 11.8. The van der Waals surface area contributed by atoms with Gasteiger partial charge in [0, 0.05) is 34.9 Å². The second kappa shape index (κ2) is 10.2. The lowest BCUT2D eigenvalue weighted by Crippen LogP contribution is -2.10. The molecule has 0 aliphatic heterocycles. The first-order chi connectivity index (χ1) is 17.6. The Labute approximate surface area is 214 Å². The summed E-state index contributed by atoms with van der Waals surface area (Å²) in [5.41, 5.74) is 5.05. The molecule has 6 heteroatoms. The molecule has 2 heterocycles. The van der Waals surface area contributed by atoms with Gasteiger partial charge in [0.05, 0.1) is 5.56 Å². The van der Waals surface area contributed by atoms with Gasteiger partial charge in [0.25, 0.3) is 0 Å². The highest BCUT2D eigenvalue weighted by Crippen LogP contribution is 2.43. The van der Waals surface area contributed by atoms with Crippen LogP contribution in [0.4, 0.5) is 5.82 Å². The minimum atomic E-state index is -1.01. The molecular formula is C30H25N3O2S. The lowest BCUT2D eigenvalue weighted by atomic mass is 9.94. The van der Waals surface area contributed by atoms with Crippen molar-refractivity contribution in [2.75, 3.05) is 11.6 Å². The number of thioether (sulfide) groups is 1. The molecule has 2 N–H and O–H groups in total. The maximum Gasteiger partial charge on any atom is 0.337 e. The molecule has 0 aliphatic carbocycles. The second-order valence-corrected chi connectivity index (χ2v) is 9.28. The van der Waals surface area contributed by atoms with Crippen molar-refractivity contribution in [2.24, 2.45) is 0 Å². The Hall–Kier alpha value is -4.16. The van der Waals surface area contributed by atoms with E-state index in [1.54, 1.807) is 12.3 Å². The molecule has 178 valence electrons. The molecule has 5 rings (SSSR count). The molecule has 0 bridgehead atoms. The SMILES string of the molecule is CSc1nc(NC(C)c2ccccc2)c2c(-c3ccccc3)cccc2c1-c1cncc(C(=O)O)c1. The summed E-state index contributed by atoms with van der Waals surface area (Å²) >= 11 is 1.53. The van der Waals surface area contributed by atoms with E-state index in [0.29, 0.717) is 0 Å². The van der Waals surface area contributed by atoms with Crippen molar-refractivity contribution >= 4 is 34.3 Å². The predicted molar refractivity (Wildman–Crippen MR) is 148 cm³/mol. The van der Waals surface area contributed by atoms with Gasteiger partial charge in [0.2, 0.25) is 0 Å². The first kappa shape index (κ1) is 23.6. The Kier molecular flexibility index (Phi) is 6.69. The number of hydrogen-bond donors (Lipinski definition) is 2. The molecule has 5 nitrogen and oxygen atoms in total. The molecule has 36 heavy (non-hydrogen) atoms. The quantitative estimate of drug-likeness (QED) is 0.229. The molecule has 0 saturated carbocycles. The highest BCUT2D eigenvalue weighted by atomic mass is 32.2. The summed E-state index contributed by atoms with van der Waals surface area (Å²) in [5.74, 6) is -0.219. The van der Waals surface area contributed by atoms with Crippen LogP contribution in [0.3, 0.4) is 0 Å². The molecule has 1 unspecified atom stereocenters. The van der Waals surface area contributed by atoms with Crippen molar-refractivity contribution in [3.8, 4) is 22.3 Å². The number of anilines is 1. The number of aromatic nitrogens is 2. The number of pyridine rings is 2. The summed E-state index contributed by atoms with van der Waals surface area (Å²) in [5, 5.41) is 16.0. The van der Waals surface area contributed by atoms with Gasteiger partial charge in [-0.3, -0.25) is 4.98 Å². The van der Waals surface area contributed by atoms with Crippen LogP contribution >= 0.6 is 11.8 Å². The average Bonchev–Trinajstić information content (AvgIpc) is 2.93. The fourth-order valence-electron chi connectivity index (χ4n) is 4.46. The minimum Gasteiger partial charge on any atom is -0.478 e. The Morgan fingerprint density at radius 1 is 0.917 bits per heavy atom. The summed E-state index contributed by atoms with van der Waals surface area (Å²) in [6, 6.07) is 28.4. The van der Waals surface area contributed by atoms with Crippen LogP contribution in [0.5, 0.6) is 0 Å². The summed E-state index contributed by atoms with van der Waals surface area (Å²) in [4.78, 5) is 21.0. The van der Waals surface area contributed by atoms with Crippen molar-refractivity contribution in [3.63, 3.8) is 0 Å². The van der Waals surface area contributed by atoms with Crippen molar-refractivity contribution in [1.82, 2.24) is 9.97 Å². The van der Waals surface area contributed by atoms with Gasteiger partial charge in [-0.15, -0.1) is 11.8 Å². The summed E-state index contributed by atoms with van der Waals surface area (Å²) in [7, 11) is 0. The lowest BCUT2D eigenvalue weighted by molar-refractivity contribution is 0.0696. The average molecular weight is 492 g/mol. The highest BCUT2D eigenvalue weighted by Gasteiger charge is 2.21. The molecule has 0 spiro atoms. The van der Waals surface area contributed by atoms with E-state index in [1.807, 2.05) is 48.7 Å². The van der Waals surface area contributed by atoms with E-state index in [4.69, 9.17) is 4.98 Å². The smallest absolute Gasteiger partial charge is 0.337 e. The van der Waals surface area contributed by atoms with E-state index in [0.717, 1.165) is 49.4 Å². The highest BCUT2D eigenvalue weighted by molar-refractivity contribution is 7.98. The molecule has 5 aromatic rings. The number of nitrogens with one attached hydrogen (secondary N) is 1. The number of carbonyl (C=O) groups is 1. The third-order valence-electron chi connectivity index (χ3n) is 6.20. The van der Waals surface area contributed by atoms with Gasteiger partial charge in [-0.1, -0.05) is 78.9 Å². The fourth-order valence-corrected chi connectivity index (χ4v) is 5.07. The minimum absolute atomic E-state index is 0.0308. The van der Waals surface area contributed by atoms with Gasteiger partial charge in [-0.25, -0.2) is 9.78 Å². The first-order valence-corrected chi connectivity index (χ1v) is 12.9. The summed E-state index contributed by atoms with van der Waals surface area (Å²) in [6.07, 6.45) is 5.06. The summed E-state index contributed by atoms with van der Waals surface area (Å²) < 4.78 is 0. The Morgan fingerprint density at radius 3 is 2.33 bits per heavy atom. The van der Waals surface area contributed by atoms with Gasteiger partial charge in [0.15, 0.2) is 0 Å². The molecule has 1 atom stereocenters. The van der Waals surface area contributed by atoms with Crippen LogP contribution in [0.25, 0.3) is 33.0 Å². The maximum absolute atomic E-state index is 11.7. The second-order valence-electron chi connectivity index (χ2n) is 8.48. The zero-order chi connectivity index (χ0) is 25.1. The van der Waals surface area contributed by atoms with E-state index in [1.165, 1.54) is 18.0 Å². The van der Waals surface area contributed by atoms with Crippen LogP contribution in [0.1, 0.15) is 28.9 Å². The van der Waals surface area contributed by atoms with E-state index >= 15 is 0 Å². The first-order valence-electron chi connectivity index (χ1n) is 11.6. The van der Waals surface area contributed by atoms with Gasteiger partial charge < -0.3 is 10.4 Å². The zero-order valence-corrected chi connectivity index (χ0v) is 20.8. The van der Waals surface area contributed by atoms with Gasteiger partial charge in [-0.2, -0.15) is 0 Å². The number of nitrogens with zero attached hydrogens (tertiary/aromatic N) is 2. The van der Waals surface area contributed by atoms with Crippen LogP contribution < -0.4 is 5.32 Å². The largest absolute Gasteiger partial charge is 0.478 e. The molecule has 2 aromatic heterocycles. The summed E-state index contributed by atoms with van der Waals surface area (Å²) in [6.45, 7) is 2.13. The van der Waals surface area contributed by atoms with Crippen LogP contribution in [0, 0.1) is 0 Å². The Bertz CT molecular complexity index is 1540. The maximum atomic E-state index is 11.7. The molecule has 0 fully saturated rings. The van der Waals surface area contributed by atoms with Crippen LogP contribution in [-0.2, 0) is 0 Å². The van der Waals surface area contributed by atoms with Crippen molar-refractivity contribution in [2.45, 2.75) is 18.0 Å². The zero-order valence-electron chi connectivity index (χ0n) is 20.0. The van der Waals surface area contributed by atoms with Crippen LogP contribution in [-0.4, -0.2) is 27.3 Å². The van der Waals surface area contributed by atoms with Gasteiger partial charge >= 0.3 is 5.97 Å². The lowest BCUT2D eigenvalue weighted by Gasteiger charge is -2.21.